The summed E-state index contributed by atoms with van der Waals surface area (Å²) in [5.41, 5.74) is 0.835. The number of benzene rings is 1. The lowest BCUT2D eigenvalue weighted by Crippen LogP contribution is -2.37. The highest BCUT2D eigenvalue weighted by Crippen LogP contribution is 2.26. The Bertz CT molecular complexity index is 1250. The quantitative estimate of drug-likeness (QED) is 0.549. The number of morpholine rings is 1. The Morgan fingerprint density at radius 1 is 1.09 bits per heavy atom. The van der Waals surface area contributed by atoms with Crippen LogP contribution in [-0.4, -0.2) is 47.8 Å². The predicted octanol–water partition coefficient (Wildman–Crippen LogP) is 3.55. The summed E-state index contributed by atoms with van der Waals surface area (Å²) in [6.45, 7) is 7.44. The second-order valence-electron chi connectivity index (χ2n) is 8.41. The molecular formula is C24H26F2N4O4. The molecule has 34 heavy (non-hydrogen) atoms. The molecule has 0 saturated carbocycles. The van der Waals surface area contributed by atoms with Crippen molar-refractivity contribution in [3.8, 4) is 0 Å². The molecule has 8 nitrogen and oxygen atoms in total. The Morgan fingerprint density at radius 2 is 1.76 bits per heavy atom. The maximum Gasteiger partial charge on any atom is 0.339 e. The van der Waals surface area contributed by atoms with Crippen molar-refractivity contribution in [2.45, 2.75) is 32.9 Å². The maximum absolute atomic E-state index is 13.7. The molecule has 4 rings (SSSR count). The van der Waals surface area contributed by atoms with Gasteiger partial charge in [-0.3, -0.25) is 9.20 Å². The van der Waals surface area contributed by atoms with E-state index in [1.54, 1.807) is 26.8 Å². The van der Waals surface area contributed by atoms with Gasteiger partial charge in [-0.15, -0.1) is 0 Å². The number of hydrogen-bond donors (Lipinski definition) is 1. The number of rotatable bonds is 6. The van der Waals surface area contributed by atoms with Crippen LogP contribution in [-0.2, 0) is 9.47 Å². The number of halogens is 2. The summed E-state index contributed by atoms with van der Waals surface area (Å²) in [5.74, 6) is -1.54. The van der Waals surface area contributed by atoms with Crippen LogP contribution in [0.4, 0.5) is 20.3 Å². The highest BCUT2D eigenvalue weighted by atomic mass is 19.1. The van der Waals surface area contributed by atoms with E-state index in [2.05, 4.69) is 5.32 Å². The van der Waals surface area contributed by atoms with Crippen LogP contribution in [0.15, 0.2) is 41.3 Å². The molecule has 1 atom stereocenters. The Labute approximate surface area is 195 Å². The van der Waals surface area contributed by atoms with E-state index in [1.807, 2.05) is 4.90 Å². The molecule has 0 spiro atoms. The number of hydrogen-bond acceptors (Lipinski definition) is 7. The molecule has 0 amide bonds. The fourth-order valence-electron chi connectivity index (χ4n) is 3.85. The Morgan fingerprint density at radius 3 is 2.41 bits per heavy atom. The van der Waals surface area contributed by atoms with Gasteiger partial charge < -0.3 is 19.7 Å². The fourth-order valence-corrected chi connectivity index (χ4v) is 3.85. The molecular weight excluding hydrogens is 446 g/mol. The number of esters is 1. The number of carbonyl (C=O) groups is 1. The van der Waals surface area contributed by atoms with E-state index < -0.39 is 23.6 Å². The minimum atomic E-state index is -0.724. The molecule has 0 bridgehead atoms. The third-order valence-electron chi connectivity index (χ3n) is 5.40. The first-order valence-electron chi connectivity index (χ1n) is 11.0. The molecule has 1 N–H and O–H groups in total. The fraction of sp³-hybridized carbons (Fsp3) is 0.375. The lowest BCUT2D eigenvalue weighted by atomic mass is 10.1. The number of nitrogens with one attached hydrogen (secondary N) is 1. The number of ether oxygens (including phenoxy) is 2. The van der Waals surface area contributed by atoms with Gasteiger partial charge in [-0.25, -0.2) is 18.6 Å². The highest BCUT2D eigenvalue weighted by Gasteiger charge is 2.21. The van der Waals surface area contributed by atoms with Gasteiger partial charge in [0.15, 0.2) is 0 Å². The van der Waals surface area contributed by atoms with Gasteiger partial charge >= 0.3 is 5.97 Å². The summed E-state index contributed by atoms with van der Waals surface area (Å²) in [6, 6.07) is 5.55. The van der Waals surface area contributed by atoms with Gasteiger partial charge in [0.25, 0.3) is 5.56 Å². The zero-order valence-corrected chi connectivity index (χ0v) is 19.2. The third-order valence-corrected chi connectivity index (χ3v) is 5.40. The summed E-state index contributed by atoms with van der Waals surface area (Å²) >= 11 is 0. The van der Waals surface area contributed by atoms with Gasteiger partial charge in [-0.1, -0.05) is 0 Å². The van der Waals surface area contributed by atoms with E-state index in [0.717, 1.165) is 18.2 Å². The monoisotopic (exact) mass is 472 g/mol. The van der Waals surface area contributed by atoms with E-state index in [1.165, 1.54) is 16.7 Å². The van der Waals surface area contributed by atoms with E-state index in [-0.39, 0.29) is 22.9 Å². The van der Waals surface area contributed by atoms with Crippen LogP contribution in [0, 0.1) is 11.6 Å². The Balaban J connectivity index is 1.83. The largest absolute Gasteiger partial charge is 0.459 e. The summed E-state index contributed by atoms with van der Waals surface area (Å²) in [5, 5.41) is 3.04. The van der Waals surface area contributed by atoms with Crippen molar-refractivity contribution in [1.29, 1.82) is 0 Å². The molecule has 0 radical (unpaired) electrons. The lowest BCUT2D eigenvalue weighted by molar-refractivity contribution is 0.0377. The van der Waals surface area contributed by atoms with Crippen molar-refractivity contribution in [2.75, 3.05) is 36.5 Å². The van der Waals surface area contributed by atoms with Crippen LogP contribution in [0.5, 0.6) is 0 Å². The average Bonchev–Trinajstić information content (AvgIpc) is 2.77. The maximum atomic E-state index is 13.7. The minimum absolute atomic E-state index is 0.165. The van der Waals surface area contributed by atoms with Crippen LogP contribution < -0.4 is 15.8 Å². The van der Waals surface area contributed by atoms with E-state index in [9.17, 15) is 18.4 Å². The van der Waals surface area contributed by atoms with Crippen LogP contribution in [0.2, 0.25) is 0 Å². The second-order valence-corrected chi connectivity index (χ2v) is 8.41. The molecule has 3 aromatic rings. The summed E-state index contributed by atoms with van der Waals surface area (Å²) in [6.07, 6.45) is 1.05. The van der Waals surface area contributed by atoms with Crippen LogP contribution in [0.1, 0.15) is 42.7 Å². The van der Waals surface area contributed by atoms with Crippen molar-refractivity contribution >= 4 is 23.1 Å². The Hall–Kier alpha value is -3.53. The molecule has 180 valence electrons. The molecule has 1 aliphatic heterocycles. The molecule has 1 aliphatic rings. The van der Waals surface area contributed by atoms with Gasteiger partial charge in [0.1, 0.15) is 23.1 Å². The SMILES string of the molecule is CC(C)OC(=O)c1cc([C@H](C)Nc2cc(F)cc(F)c2)c2nc(N3CCOCC3)cc(=O)n2c1. The average molecular weight is 472 g/mol. The first kappa shape index (κ1) is 23.6. The molecule has 1 fully saturated rings. The number of anilines is 2. The number of aromatic nitrogens is 2. The van der Waals surface area contributed by atoms with Crippen molar-refractivity contribution in [1.82, 2.24) is 9.38 Å². The van der Waals surface area contributed by atoms with Gasteiger partial charge in [-0.2, -0.15) is 0 Å². The van der Waals surface area contributed by atoms with Crippen LogP contribution >= 0.6 is 0 Å². The molecule has 10 heteroatoms. The number of pyridine rings is 1. The smallest absolute Gasteiger partial charge is 0.339 e. The van der Waals surface area contributed by atoms with Gasteiger partial charge in [0, 0.05) is 42.7 Å². The molecule has 0 unspecified atom stereocenters. The first-order valence-corrected chi connectivity index (χ1v) is 11.0. The van der Waals surface area contributed by atoms with Crippen molar-refractivity contribution < 1.29 is 23.0 Å². The number of carbonyl (C=O) groups excluding carboxylic acids is 1. The van der Waals surface area contributed by atoms with Crippen LogP contribution in [0.25, 0.3) is 5.65 Å². The van der Waals surface area contributed by atoms with Crippen molar-refractivity contribution in [3.63, 3.8) is 0 Å². The minimum Gasteiger partial charge on any atom is -0.459 e. The first-order chi connectivity index (χ1) is 16.2. The second kappa shape index (κ2) is 9.76. The zero-order valence-electron chi connectivity index (χ0n) is 19.2. The summed E-state index contributed by atoms with van der Waals surface area (Å²) in [4.78, 5) is 32.4. The molecule has 2 aromatic heterocycles. The van der Waals surface area contributed by atoms with Crippen molar-refractivity contribution in [2.24, 2.45) is 0 Å². The van der Waals surface area contributed by atoms with Gasteiger partial charge in [-0.05, 0) is 39.0 Å². The summed E-state index contributed by atoms with van der Waals surface area (Å²) < 4.78 is 39.4. The van der Waals surface area contributed by atoms with Gasteiger partial charge in [0.2, 0.25) is 0 Å². The molecule has 1 aromatic carbocycles. The highest BCUT2D eigenvalue weighted by molar-refractivity contribution is 5.90. The standard InChI is InChI=1S/C24H26F2N4O4/c1-14(2)34-24(32)16-8-20(15(3)27-19-10-17(25)9-18(26)11-19)23-28-21(12-22(31)30(23)13-16)29-4-6-33-7-5-29/h8-15,27H,4-7H2,1-3H3/t15-/m0/s1. The zero-order chi connectivity index (χ0) is 24.4. The molecule has 1 saturated heterocycles. The van der Waals surface area contributed by atoms with E-state index >= 15 is 0 Å². The third kappa shape index (κ3) is 5.17. The normalized spacial score (nSPS) is 14.9. The van der Waals surface area contributed by atoms with Crippen LogP contribution in [0.3, 0.4) is 0 Å². The lowest BCUT2D eigenvalue weighted by Gasteiger charge is -2.28. The molecule has 0 aliphatic carbocycles. The summed E-state index contributed by atoms with van der Waals surface area (Å²) in [7, 11) is 0. The van der Waals surface area contributed by atoms with Crippen molar-refractivity contribution in [3.05, 3.63) is 69.6 Å². The van der Waals surface area contributed by atoms with E-state index in [4.69, 9.17) is 14.5 Å². The predicted molar refractivity (Wildman–Crippen MR) is 123 cm³/mol. The Kier molecular flexibility index (Phi) is 6.78. The topological polar surface area (TPSA) is 85.2 Å². The number of nitrogens with zero attached hydrogens (tertiary/aromatic N) is 3. The number of fused-ring (bicyclic) bond motifs is 1. The van der Waals surface area contributed by atoms with E-state index in [0.29, 0.717) is 43.3 Å². The molecule has 3 heterocycles. The van der Waals surface area contributed by atoms with Gasteiger partial charge in [0.05, 0.1) is 30.9 Å².